The van der Waals surface area contributed by atoms with Gasteiger partial charge < -0.3 is 5.73 Å². The van der Waals surface area contributed by atoms with Crippen LogP contribution in [0, 0.1) is 11.3 Å². The number of hydrogen-bond acceptors (Lipinski definition) is 3. The second kappa shape index (κ2) is 5.98. The maximum atomic E-state index is 12.5. The predicted octanol–water partition coefficient (Wildman–Crippen LogP) is 3.41. The van der Waals surface area contributed by atoms with Gasteiger partial charge in [-0.05, 0) is 60.4 Å². The molecule has 0 bridgehead atoms. The molecular formula is C15H23NOS. The van der Waals surface area contributed by atoms with Crippen molar-refractivity contribution >= 4 is 17.1 Å². The van der Waals surface area contributed by atoms with Gasteiger partial charge in [0, 0.05) is 18.4 Å². The van der Waals surface area contributed by atoms with Gasteiger partial charge >= 0.3 is 0 Å². The van der Waals surface area contributed by atoms with Gasteiger partial charge in [0.05, 0.1) is 0 Å². The molecule has 1 aromatic heterocycles. The van der Waals surface area contributed by atoms with E-state index in [0.29, 0.717) is 18.7 Å². The van der Waals surface area contributed by atoms with Crippen molar-refractivity contribution in [3.63, 3.8) is 0 Å². The van der Waals surface area contributed by atoms with Crippen molar-refractivity contribution in [1.82, 2.24) is 0 Å². The van der Waals surface area contributed by atoms with Gasteiger partial charge in [-0.25, -0.2) is 0 Å². The van der Waals surface area contributed by atoms with Crippen molar-refractivity contribution in [2.75, 3.05) is 6.54 Å². The average molecular weight is 265 g/mol. The molecule has 1 aromatic rings. The summed E-state index contributed by atoms with van der Waals surface area (Å²) >= 11 is 1.70. The van der Waals surface area contributed by atoms with Crippen LogP contribution in [0.15, 0.2) is 16.8 Å². The highest BCUT2D eigenvalue weighted by Gasteiger charge is 2.38. The number of rotatable bonds is 5. The Hall–Kier alpha value is -0.670. The van der Waals surface area contributed by atoms with Gasteiger partial charge in [0.25, 0.3) is 0 Å². The van der Waals surface area contributed by atoms with Crippen molar-refractivity contribution in [2.24, 2.45) is 17.1 Å². The average Bonchev–Trinajstić information content (AvgIpc) is 2.90. The smallest absolute Gasteiger partial charge is 0.140 e. The molecule has 1 saturated carbocycles. The van der Waals surface area contributed by atoms with E-state index < -0.39 is 0 Å². The lowest BCUT2D eigenvalue weighted by atomic mass is 9.67. The lowest BCUT2D eigenvalue weighted by Gasteiger charge is -2.37. The molecule has 18 heavy (non-hydrogen) atoms. The van der Waals surface area contributed by atoms with Gasteiger partial charge in [0.1, 0.15) is 5.78 Å². The number of Topliss-reactive ketones (excluding diaryl/α,β-unsaturated/α-hetero) is 1. The van der Waals surface area contributed by atoms with Crippen molar-refractivity contribution in [1.29, 1.82) is 0 Å². The third-order valence-corrected chi connectivity index (χ3v) is 5.17. The lowest BCUT2D eigenvalue weighted by molar-refractivity contribution is -0.130. The van der Waals surface area contributed by atoms with E-state index in [1.165, 1.54) is 5.56 Å². The Balaban J connectivity index is 1.93. The summed E-state index contributed by atoms with van der Waals surface area (Å²) in [5, 5.41) is 4.20. The van der Waals surface area contributed by atoms with Crippen molar-refractivity contribution < 1.29 is 4.79 Å². The van der Waals surface area contributed by atoms with Gasteiger partial charge in [-0.3, -0.25) is 4.79 Å². The first kappa shape index (κ1) is 13.8. The normalized spacial score (nSPS) is 28.2. The van der Waals surface area contributed by atoms with Crippen LogP contribution >= 0.6 is 11.3 Å². The van der Waals surface area contributed by atoms with Gasteiger partial charge in [-0.2, -0.15) is 11.3 Å². The van der Waals surface area contributed by atoms with Gasteiger partial charge in [-0.1, -0.05) is 6.92 Å². The highest BCUT2D eigenvalue weighted by Crippen LogP contribution is 2.39. The first-order chi connectivity index (χ1) is 8.66. The fourth-order valence-electron chi connectivity index (χ4n) is 2.87. The highest BCUT2D eigenvalue weighted by atomic mass is 32.1. The summed E-state index contributed by atoms with van der Waals surface area (Å²) in [6.45, 7) is 2.80. The summed E-state index contributed by atoms with van der Waals surface area (Å²) in [5.74, 6) is 1.15. The third kappa shape index (κ3) is 3.01. The van der Waals surface area contributed by atoms with Crippen molar-refractivity contribution in [3.05, 3.63) is 22.4 Å². The Morgan fingerprint density at radius 2 is 2.22 bits per heavy atom. The molecule has 0 aromatic carbocycles. The van der Waals surface area contributed by atoms with E-state index in [0.717, 1.165) is 38.0 Å². The molecule has 2 nitrogen and oxygen atoms in total. The van der Waals surface area contributed by atoms with E-state index in [9.17, 15) is 4.79 Å². The summed E-state index contributed by atoms with van der Waals surface area (Å²) in [7, 11) is 0. The molecule has 0 aliphatic heterocycles. The van der Waals surface area contributed by atoms with Crippen LogP contribution in [0.1, 0.15) is 44.6 Å². The number of carbonyl (C=O) groups is 1. The van der Waals surface area contributed by atoms with E-state index in [2.05, 4.69) is 23.8 Å². The molecular weight excluding hydrogens is 242 g/mol. The van der Waals surface area contributed by atoms with E-state index >= 15 is 0 Å². The quantitative estimate of drug-likeness (QED) is 0.886. The first-order valence-electron chi connectivity index (χ1n) is 6.91. The van der Waals surface area contributed by atoms with E-state index in [-0.39, 0.29) is 5.41 Å². The zero-order valence-electron chi connectivity index (χ0n) is 11.2. The second-order valence-corrected chi connectivity index (χ2v) is 6.50. The molecule has 0 radical (unpaired) electrons. The monoisotopic (exact) mass is 265 g/mol. The summed E-state index contributed by atoms with van der Waals surface area (Å²) in [4.78, 5) is 12.5. The fraction of sp³-hybridized carbons (Fsp3) is 0.667. The molecule has 0 amide bonds. The molecule has 1 fully saturated rings. The van der Waals surface area contributed by atoms with Crippen LogP contribution in [0.4, 0.5) is 0 Å². The fourth-order valence-corrected chi connectivity index (χ4v) is 3.57. The summed E-state index contributed by atoms with van der Waals surface area (Å²) < 4.78 is 0. The van der Waals surface area contributed by atoms with Crippen molar-refractivity contribution in [2.45, 2.75) is 45.4 Å². The number of thiophene rings is 1. The van der Waals surface area contributed by atoms with Gasteiger partial charge in [0.2, 0.25) is 0 Å². The van der Waals surface area contributed by atoms with Crippen molar-refractivity contribution in [3.8, 4) is 0 Å². The maximum Gasteiger partial charge on any atom is 0.140 e. The second-order valence-electron chi connectivity index (χ2n) is 5.72. The molecule has 100 valence electrons. The Bertz CT molecular complexity index is 377. The first-order valence-corrected chi connectivity index (χ1v) is 7.85. The standard InChI is InChI=1S/C15H23NOS/c1-12-4-7-15(11-16,8-5-12)14(17)3-2-13-6-9-18-10-13/h6,9-10,12H,2-5,7-8,11,16H2,1H3. The molecule has 2 N–H and O–H groups in total. The zero-order valence-corrected chi connectivity index (χ0v) is 12.0. The molecule has 0 spiro atoms. The molecule has 0 saturated heterocycles. The SMILES string of the molecule is CC1CCC(CN)(C(=O)CCc2ccsc2)CC1. The Kier molecular flexibility index (Phi) is 4.57. The molecule has 1 aliphatic rings. The molecule has 0 unspecified atom stereocenters. The summed E-state index contributed by atoms with van der Waals surface area (Å²) in [6.07, 6.45) is 5.82. The van der Waals surface area contributed by atoms with E-state index in [1.807, 2.05) is 0 Å². The minimum atomic E-state index is -0.206. The van der Waals surface area contributed by atoms with Crippen LogP contribution in [0.5, 0.6) is 0 Å². The topological polar surface area (TPSA) is 43.1 Å². The minimum Gasteiger partial charge on any atom is -0.329 e. The van der Waals surface area contributed by atoms with E-state index in [1.54, 1.807) is 11.3 Å². The summed E-state index contributed by atoms with van der Waals surface area (Å²) in [6, 6.07) is 2.11. The Morgan fingerprint density at radius 3 is 2.78 bits per heavy atom. The predicted molar refractivity (Wildman–Crippen MR) is 76.8 cm³/mol. The molecule has 1 heterocycles. The molecule has 3 heteroatoms. The largest absolute Gasteiger partial charge is 0.329 e. The maximum absolute atomic E-state index is 12.5. The van der Waals surface area contributed by atoms with Crippen LogP contribution < -0.4 is 5.73 Å². The number of carbonyl (C=O) groups excluding carboxylic acids is 1. The minimum absolute atomic E-state index is 0.206. The van der Waals surface area contributed by atoms with Crippen LogP contribution in [-0.2, 0) is 11.2 Å². The van der Waals surface area contributed by atoms with Crippen LogP contribution in [-0.4, -0.2) is 12.3 Å². The number of nitrogens with two attached hydrogens (primary N) is 1. The highest BCUT2D eigenvalue weighted by molar-refractivity contribution is 7.07. The van der Waals surface area contributed by atoms with Crippen LogP contribution in [0.2, 0.25) is 0 Å². The van der Waals surface area contributed by atoms with Crippen LogP contribution in [0.3, 0.4) is 0 Å². The molecule has 0 atom stereocenters. The molecule has 1 aliphatic carbocycles. The number of ketones is 1. The van der Waals surface area contributed by atoms with E-state index in [4.69, 9.17) is 5.73 Å². The molecule has 2 rings (SSSR count). The summed E-state index contributed by atoms with van der Waals surface area (Å²) in [5.41, 5.74) is 6.99. The zero-order chi connectivity index (χ0) is 13.0. The van der Waals surface area contributed by atoms with Gasteiger partial charge in [-0.15, -0.1) is 0 Å². The Morgan fingerprint density at radius 1 is 1.50 bits per heavy atom. The number of hydrogen-bond donors (Lipinski definition) is 1. The van der Waals surface area contributed by atoms with Gasteiger partial charge in [0.15, 0.2) is 0 Å². The third-order valence-electron chi connectivity index (χ3n) is 4.43. The lowest BCUT2D eigenvalue weighted by Crippen LogP contribution is -2.41. The number of aryl methyl sites for hydroxylation is 1. The Labute approximate surface area is 114 Å². The van der Waals surface area contributed by atoms with Crippen LogP contribution in [0.25, 0.3) is 0 Å².